The van der Waals surface area contributed by atoms with Crippen molar-refractivity contribution in [2.24, 2.45) is 17.8 Å². The Bertz CT molecular complexity index is 273. The monoisotopic (exact) mass is 226 g/mol. The van der Waals surface area contributed by atoms with Crippen molar-refractivity contribution >= 4 is 7.14 Å². The Morgan fingerprint density at radius 2 is 1.67 bits per heavy atom. The van der Waals surface area contributed by atoms with Crippen molar-refractivity contribution in [3.63, 3.8) is 0 Å². The van der Waals surface area contributed by atoms with Crippen molar-refractivity contribution in [2.45, 2.75) is 33.1 Å². The minimum atomic E-state index is -1.79. The molecule has 2 aliphatic carbocycles. The summed E-state index contributed by atoms with van der Waals surface area (Å²) in [4.78, 5) is 0. The molecule has 86 valence electrons. The zero-order valence-corrected chi connectivity index (χ0v) is 10.9. The Balaban J connectivity index is 1.87. The Morgan fingerprint density at radius 1 is 1.13 bits per heavy atom. The lowest BCUT2D eigenvalue weighted by Crippen LogP contribution is -2.10. The molecule has 1 nitrogen and oxygen atoms in total. The third kappa shape index (κ3) is 2.23. The van der Waals surface area contributed by atoms with Gasteiger partial charge in [0.2, 0.25) is 0 Å². The molecule has 2 atom stereocenters. The van der Waals surface area contributed by atoms with Gasteiger partial charge >= 0.3 is 0 Å². The van der Waals surface area contributed by atoms with E-state index in [4.69, 9.17) is 0 Å². The first-order valence-electron chi connectivity index (χ1n) is 6.44. The highest BCUT2D eigenvalue weighted by Gasteiger charge is 2.37. The van der Waals surface area contributed by atoms with E-state index in [9.17, 15) is 4.57 Å². The second-order valence-electron chi connectivity index (χ2n) is 5.16. The zero-order chi connectivity index (χ0) is 10.9. The molecule has 0 radical (unpaired) electrons. The minimum Gasteiger partial charge on any atom is -0.324 e. The molecule has 2 unspecified atom stereocenters. The molecule has 1 saturated carbocycles. The van der Waals surface area contributed by atoms with Gasteiger partial charge in [0.15, 0.2) is 0 Å². The SMILES string of the molecule is CCP(=O)(CC)CCC1C2C=CC1CC2. The van der Waals surface area contributed by atoms with Crippen LogP contribution < -0.4 is 0 Å². The predicted molar refractivity (Wildman–Crippen MR) is 67.0 cm³/mol. The van der Waals surface area contributed by atoms with Gasteiger partial charge in [0.1, 0.15) is 0 Å². The van der Waals surface area contributed by atoms with Gasteiger partial charge in [0.25, 0.3) is 0 Å². The second-order valence-corrected chi connectivity index (χ2v) is 8.99. The van der Waals surface area contributed by atoms with Crippen molar-refractivity contribution in [2.75, 3.05) is 18.5 Å². The molecule has 0 aromatic heterocycles. The first kappa shape index (κ1) is 11.5. The van der Waals surface area contributed by atoms with E-state index < -0.39 is 7.14 Å². The number of rotatable bonds is 5. The quantitative estimate of drug-likeness (QED) is 0.511. The summed E-state index contributed by atoms with van der Waals surface area (Å²) < 4.78 is 12.3. The fourth-order valence-corrected chi connectivity index (χ4v) is 5.09. The van der Waals surface area contributed by atoms with E-state index in [1.54, 1.807) is 0 Å². The lowest BCUT2D eigenvalue weighted by Gasteiger charge is -2.20. The van der Waals surface area contributed by atoms with Crippen LogP contribution in [0, 0.1) is 17.8 Å². The molecule has 2 aliphatic rings. The van der Waals surface area contributed by atoms with Gasteiger partial charge in [-0.1, -0.05) is 26.0 Å². The van der Waals surface area contributed by atoms with Gasteiger partial charge in [0, 0.05) is 6.16 Å². The van der Waals surface area contributed by atoms with Crippen LogP contribution in [0.15, 0.2) is 12.2 Å². The Labute approximate surface area is 93.7 Å². The molecule has 0 aromatic carbocycles. The zero-order valence-electron chi connectivity index (χ0n) is 9.98. The van der Waals surface area contributed by atoms with Crippen molar-refractivity contribution in [3.05, 3.63) is 12.2 Å². The van der Waals surface area contributed by atoms with Crippen LogP contribution in [0.4, 0.5) is 0 Å². The van der Waals surface area contributed by atoms with E-state index >= 15 is 0 Å². The molecule has 0 spiro atoms. The Hall–Kier alpha value is -0.0300. The van der Waals surface area contributed by atoms with Crippen molar-refractivity contribution in [3.8, 4) is 0 Å². The van der Waals surface area contributed by atoms with Crippen LogP contribution >= 0.6 is 7.14 Å². The van der Waals surface area contributed by atoms with Crippen molar-refractivity contribution in [1.82, 2.24) is 0 Å². The van der Waals surface area contributed by atoms with E-state index in [1.165, 1.54) is 19.3 Å². The van der Waals surface area contributed by atoms with Crippen molar-refractivity contribution < 1.29 is 4.57 Å². The summed E-state index contributed by atoms with van der Waals surface area (Å²) in [5.41, 5.74) is 0. The molecular weight excluding hydrogens is 203 g/mol. The van der Waals surface area contributed by atoms with E-state index in [2.05, 4.69) is 26.0 Å². The van der Waals surface area contributed by atoms with Gasteiger partial charge in [0.05, 0.1) is 7.14 Å². The smallest absolute Gasteiger partial charge is 0.0872 e. The average molecular weight is 226 g/mol. The first-order chi connectivity index (χ1) is 7.18. The summed E-state index contributed by atoms with van der Waals surface area (Å²) in [6.45, 7) is 4.18. The normalized spacial score (nSPS) is 33.9. The molecule has 0 amide bonds. The van der Waals surface area contributed by atoms with Crippen LogP contribution in [-0.2, 0) is 4.57 Å². The molecule has 2 rings (SSSR count). The second kappa shape index (κ2) is 4.45. The molecule has 0 heterocycles. The van der Waals surface area contributed by atoms with Gasteiger partial charge in [-0.3, -0.25) is 0 Å². The highest BCUT2D eigenvalue weighted by atomic mass is 31.2. The molecule has 0 aliphatic heterocycles. The third-order valence-electron chi connectivity index (χ3n) is 4.56. The van der Waals surface area contributed by atoms with Crippen LogP contribution in [0.3, 0.4) is 0 Å². The highest BCUT2D eigenvalue weighted by molar-refractivity contribution is 7.63. The maximum atomic E-state index is 12.3. The van der Waals surface area contributed by atoms with Crippen LogP contribution in [0.5, 0.6) is 0 Å². The summed E-state index contributed by atoms with van der Waals surface area (Å²) in [6.07, 6.45) is 11.6. The van der Waals surface area contributed by atoms with E-state index in [0.29, 0.717) is 0 Å². The molecule has 2 bridgehead atoms. The lowest BCUT2D eigenvalue weighted by atomic mass is 9.94. The Morgan fingerprint density at radius 3 is 2.07 bits per heavy atom. The topological polar surface area (TPSA) is 17.1 Å². The summed E-state index contributed by atoms with van der Waals surface area (Å²) >= 11 is 0. The maximum absolute atomic E-state index is 12.3. The molecule has 1 fully saturated rings. The first-order valence-corrected chi connectivity index (χ1v) is 8.70. The average Bonchev–Trinajstić information content (AvgIpc) is 2.85. The van der Waals surface area contributed by atoms with Gasteiger partial charge < -0.3 is 4.57 Å². The summed E-state index contributed by atoms with van der Waals surface area (Å²) in [6, 6.07) is 0. The van der Waals surface area contributed by atoms with Crippen molar-refractivity contribution in [1.29, 1.82) is 0 Å². The minimum absolute atomic E-state index is 0.831. The standard InChI is InChI=1S/C13H23OP/c1-3-15(14,4-2)10-9-13-11-5-6-12(13)8-7-11/h5-6,11-13H,3-4,7-10H2,1-2H3. The molecule has 0 N–H and O–H groups in total. The third-order valence-corrected chi connectivity index (χ3v) is 7.94. The number of hydrogen-bond acceptors (Lipinski definition) is 1. The van der Waals surface area contributed by atoms with Gasteiger partial charge in [-0.05, 0) is 49.3 Å². The summed E-state index contributed by atoms with van der Waals surface area (Å²) in [7, 11) is -1.79. The van der Waals surface area contributed by atoms with Crippen LogP contribution in [-0.4, -0.2) is 18.5 Å². The Kier molecular flexibility index (Phi) is 3.40. The van der Waals surface area contributed by atoms with Gasteiger partial charge in [-0.15, -0.1) is 0 Å². The molecule has 15 heavy (non-hydrogen) atoms. The maximum Gasteiger partial charge on any atom is 0.0872 e. The number of fused-ring (bicyclic) bond motifs is 2. The lowest BCUT2D eigenvalue weighted by molar-refractivity contribution is 0.415. The van der Waals surface area contributed by atoms with E-state index in [0.717, 1.165) is 36.2 Å². The van der Waals surface area contributed by atoms with Gasteiger partial charge in [-0.25, -0.2) is 0 Å². The fourth-order valence-electron chi connectivity index (χ4n) is 3.25. The predicted octanol–water partition coefficient (Wildman–Crippen LogP) is 3.99. The number of hydrogen-bond donors (Lipinski definition) is 0. The molecular formula is C13H23OP. The van der Waals surface area contributed by atoms with E-state index in [1.807, 2.05) is 0 Å². The van der Waals surface area contributed by atoms with E-state index in [-0.39, 0.29) is 0 Å². The highest BCUT2D eigenvalue weighted by Crippen LogP contribution is 2.51. The van der Waals surface area contributed by atoms with Crippen LogP contribution in [0.2, 0.25) is 0 Å². The van der Waals surface area contributed by atoms with Crippen LogP contribution in [0.1, 0.15) is 33.1 Å². The van der Waals surface area contributed by atoms with Gasteiger partial charge in [-0.2, -0.15) is 0 Å². The summed E-state index contributed by atoms with van der Waals surface area (Å²) in [5, 5.41) is 0. The fraction of sp³-hybridized carbons (Fsp3) is 0.846. The molecule has 0 saturated heterocycles. The number of allylic oxidation sites excluding steroid dienone is 2. The molecule has 0 aromatic rings. The molecule has 2 heteroatoms. The summed E-state index contributed by atoms with van der Waals surface area (Å²) in [5.74, 6) is 2.51. The largest absolute Gasteiger partial charge is 0.324 e. The van der Waals surface area contributed by atoms with Crippen LogP contribution in [0.25, 0.3) is 0 Å².